The van der Waals surface area contributed by atoms with E-state index in [0.29, 0.717) is 5.95 Å². The average molecular weight is 649 g/mol. The Morgan fingerprint density at radius 1 is 0.870 bits per heavy atom. The number of hydrogen-bond acceptors (Lipinski definition) is 11. The largest absolute Gasteiger partial charge is 0.392 e. The minimum atomic E-state index is -4.00. The molecular weight excluding hydrogens is 608 g/mol. The minimum Gasteiger partial charge on any atom is -0.392 e. The van der Waals surface area contributed by atoms with Crippen molar-refractivity contribution < 1.29 is 27.6 Å². The number of rotatable bonds is 8. The van der Waals surface area contributed by atoms with Gasteiger partial charge in [-0.15, -0.1) is 0 Å². The molecule has 244 valence electrons. The number of aryl methyl sites for hydroxylation is 1. The fourth-order valence-corrected chi connectivity index (χ4v) is 5.73. The summed E-state index contributed by atoms with van der Waals surface area (Å²) in [5, 5.41) is 13.0. The molecule has 0 radical (unpaired) electrons. The molecule has 0 bridgehead atoms. The molecule has 0 unspecified atom stereocenters. The lowest BCUT2D eigenvalue weighted by atomic mass is 10.1. The monoisotopic (exact) mass is 648 g/mol. The maximum Gasteiger partial charge on any atom is 0.294 e. The molecule has 2 aliphatic heterocycles. The van der Waals surface area contributed by atoms with Gasteiger partial charge < -0.3 is 34.6 Å². The van der Waals surface area contributed by atoms with Crippen LogP contribution in [0.15, 0.2) is 83.9 Å². The van der Waals surface area contributed by atoms with E-state index in [1.807, 2.05) is 36.2 Å². The second kappa shape index (κ2) is 15.3. The first kappa shape index (κ1) is 33.1. The molecule has 0 atom stereocenters. The van der Waals surface area contributed by atoms with E-state index in [1.165, 1.54) is 12.1 Å². The first-order valence-electron chi connectivity index (χ1n) is 15.1. The standard InChI is InChI=1S/C27H34N6O3.C6H6O3S/c1-20-3-4-21(19-34)15-25(20)31(2)26-5-6-28-27(30-26)29-22-16-23(32-7-11-35-12-8-32)18-24(17-22)33-9-13-36-14-10-33;7-10(8,9)6-4-2-1-3-5-6/h3-6,15-18,34H,7-14,19H2,1-2H3,(H,28,29,30);1-5H,(H,7,8,9). The molecular formula is C33H40N6O6S. The van der Waals surface area contributed by atoms with Crippen LogP contribution in [0.5, 0.6) is 0 Å². The van der Waals surface area contributed by atoms with Gasteiger partial charge in [0.2, 0.25) is 5.95 Å². The van der Waals surface area contributed by atoms with E-state index in [-0.39, 0.29) is 11.5 Å². The number of hydrogen-bond donors (Lipinski definition) is 3. The predicted molar refractivity (Wildman–Crippen MR) is 179 cm³/mol. The first-order chi connectivity index (χ1) is 22.2. The normalized spacial score (nSPS) is 15.1. The molecule has 6 rings (SSSR count). The van der Waals surface area contributed by atoms with E-state index in [0.717, 1.165) is 92.3 Å². The number of nitrogens with one attached hydrogen (secondary N) is 1. The number of aliphatic hydroxyl groups excluding tert-OH is 1. The van der Waals surface area contributed by atoms with E-state index >= 15 is 0 Å². The second-order valence-corrected chi connectivity index (χ2v) is 12.3. The van der Waals surface area contributed by atoms with Crippen LogP contribution >= 0.6 is 0 Å². The summed E-state index contributed by atoms with van der Waals surface area (Å²) in [4.78, 5) is 16.0. The van der Waals surface area contributed by atoms with Crippen LogP contribution in [0.3, 0.4) is 0 Å². The summed E-state index contributed by atoms with van der Waals surface area (Å²) in [6.07, 6.45) is 1.76. The quantitative estimate of drug-likeness (QED) is 0.233. The number of aliphatic hydroxyl groups is 1. The van der Waals surface area contributed by atoms with Crippen molar-refractivity contribution >= 4 is 44.6 Å². The second-order valence-electron chi connectivity index (χ2n) is 10.9. The zero-order valence-corrected chi connectivity index (χ0v) is 26.9. The fourth-order valence-electron chi connectivity index (χ4n) is 5.23. The predicted octanol–water partition coefficient (Wildman–Crippen LogP) is 4.40. The van der Waals surface area contributed by atoms with E-state index in [4.69, 9.17) is 19.0 Å². The van der Waals surface area contributed by atoms with Gasteiger partial charge in [0.25, 0.3) is 10.1 Å². The molecule has 4 aromatic rings. The Morgan fingerprint density at radius 3 is 2.02 bits per heavy atom. The fraction of sp³-hybridized carbons (Fsp3) is 0.333. The summed E-state index contributed by atoms with van der Waals surface area (Å²) in [6, 6.07) is 21.8. The molecule has 0 spiro atoms. The molecule has 0 saturated carbocycles. The number of morpholine rings is 2. The van der Waals surface area contributed by atoms with E-state index in [2.05, 4.69) is 45.2 Å². The molecule has 2 fully saturated rings. The van der Waals surface area contributed by atoms with E-state index in [1.54, 1.807) is 24.4 Å². The molecule has 13 heteroatoms. The molecule has 12 nitrogen and oxygen atoms in total. The zero-order chi connectivity index (χ0) is 32.5. The Hall–Kier alpha value is -4.27. The average Bonchev–Trinajstić information content (AvgIpc) is 3.09. The van der Waals surface area contributed by atoms with Gasteiger partial charge in [-0.1, -0.05) is 30.3 Å². The number of aromatic nitrogens is 2. The van der Waals surface area contributed by atoms with Crippen LogP contribution in [0.2, 0.25) is 0 Å². The lowest BCUT2D eigenvalue weighted by Crippen LogP contribution is -2.38. The van der Waals surface area contributed by atoms with Crippen molar-refractivity contribution in [3.8, 4) is 0 Å². The highest BCUT2D eigenvalue weighted by Crippen LogP contribution is 2.32. The third-order valence-corrected chi connectivity index (χ3v) is 8.62. The Balaban J connectivity index is 0.000000356. The SMILES string of the molecule is Cc1ccc(CO)cc1N(C)c1ccnc(Nc2cc(N3CCOCC3)cc(N3CCOCC3)c2)n1.O=S(=O)(O)c1ccccc1. The summed E-state index contributed by atoms with van der Waals surface area (Å²) in [5.74, 6) is 1.30. The summed E-state index contributed by atoms with van der Waals surface area (Å²) < 4.78 is 40.4. The lowest BCUT2D eigenvalue weighted by molar-refractivity contribution is 0.122. The Kier molecular flexibility index (Phi) is 11.0. The Bertz CT molecular complexity index is 1660. The van der Waals surface area contributed by atoms with Crippen LogP contribution in [-0.2, 0) is 26.2 Å². The number of nitrogens with zero attached hydrogens (tertiary/aromatic N) is 5. The van der Waals surface area contributed by atoms with Gasteiger partial charge >= 0.3 is 0 Å². The molecule has 2 saturated heterocycles. The van der Waals surface area contributed by atoms with Gasteiger partial charge in [-0.05, 0) is 60.5 Å². The van der Waals surface area contributed by atoms with Crippen molar-refractivity contribution in [3.63, 3.8) is 0 Å². The van der Waals surface area contributed by atoms with Gasteiger partial charge in [0, 0.05) is 62.2 Å². The minimum absolute atomic E-state index is 0.00264. The molecule has 3 N–H and O–H groups in total. The topological polar surface area (TPSA) is 141 Å². The van der Waals surface area contributed by atoms with Crippen LogP contribution in [0.4, 0.5) is 34.5 Å². The third kappa shape index (κ3) is 8.71. The van der Waals surface area contributed by atoms with Crippen LogP contribution in [0.25, 0.3) is 0 Å². The third-order valence-electron chi connectivity index (χ3n) is 7.75. The van der Waals surface area contributed by atoms with Gasteiger partial charge in [-0.3, -0.25) is 4.55 Å². The highest BCUT2D eigenvalue weighted by atomic mass is 32.2. The summed E-state index contributed by atoms with van der Waals surface area (Å²) >= 11 is 0. The zero-order valence-electron chi connectivity index (χ0n) is 26.0. The number of benzene rings is 3. The number of anilines is 6. The molecule has 3 heterocycles. The van der Waals surface area contributed by atoms with E-state index in [9.17, 15) is 13.5 Å². The van der Waals surface area contributed by atoms with Crippen molar-refractivity contribution in [2.75, 3.05) is 79.7 Å². The molecule has 0 aliphatic carbocycles. The van der Waals surface area contributed by atoms with Crippen molar-refractivity contribution in [1.29, 1.82) is 0 Å². The number of ether oxygens (including phenoxy) is 2. The van der Waals surface area contributed by atoms with Crippen LogP contribution in [0, 0.1) is 6.92 Å². The van der Waals surface area contributed by atoms with Crippen molar-refractivity contribution in [2.24, 2.45) is 0 Å². The van der Waals surface area contributed by atoms with Crippen molar-refractivity contribution in [2.45, 2.75) is 18.4 Å². The van der Waals surface area contributed by atoms with Crippen LogP contribution in [0.1, 0.15) is 11.1 Å². The van der Waals surface area contributed by atoms with Crippen LogP contribution in [-0.4, -0.2) is 87.7 Å². The summed E-state index contributed by atoms with van der Waals surface area (Å²) in [6.45, 7) is 8.48. The molecule has 1 aromatic heterocycles. The van der Waals surface area contributed by atoms with Crippen molar-refractivity contribution in [1.82, 2.24) is 9.97 Å². The highest BCUT2D eigenvalue weighted by Gasteiger charge is 2.18. The highest BCUT2D eigenvalue weighted by molar-refractivity contribution is 7.85. The van der Waals surface area contributed by atoms with Gasteiger partial charge in [-0.25, -0.2) is 4.98 Å². The molecule has 0 amide bonds. The smallest absolute Gasteiger partial charge is 0.294 e. The molecule has 2 aliphatic rings. The van der Waals surface area contributed by atoms with E-state index < -0.39 is 10.1 Å². The van der Waals surface area contributed by atoms with Gasteiger partial charge in [0.15, 0.2) is 0 Å². The van der Waals surface area contributed by atoms with Gasteiger partial charge in [0.05, 0.1) is 37.9 Å². The summed E-state index contributed by atoms with van der Waals surface area (Å²) in [7, 11) is -2.03. The first-order valence-corrected chi connectivity index (χ1v) is 16.5. The van der Waals surface area contributed by atoms with Gasteiger partial charge in [0.1, 0.15) is 5.82 Å². The maximum absolute atomic E-state index is 10.4. The Morgan fingerprint density at radius 2 is 1.48 bits per heavy atom. The lowest BCUT2D eigenvalue weighted by Gasteiger charge is -2.33. The van der Waals surface area contributed by atoms with Crippen LogP contribution < -0.4 is 20.0 Å². The maximum atomic E-state index is 10.4. The summed E-state index contributed by atoms with van der Waals surface area (Å²) in [5.41, 5.74) is 6.24. The Labute approximate surface area is 270 Å². The van der Waals surface area contributed by atoms with Gasteiger partial charge in [-0.2, -0.15) is 13.4 Å². The molecule has 3 aromatic carbocycles. The van der Waals surface area contributed by atoms with Crippen molar-refractivity contribution in [3.05, 3.63) is 90.1 Å². The molecule has 46 heavy (non-hydrogen) atoms.